The molecule has 1 aromatic heterocycles. The van der Waals surface area contributed by atoms with Crippen molar-refractivity contribution >= 4 is 5.91 Å². The van der Waals surface area contributed by atoms with Crippen molar-refractivity contribution in [3.63, 3.8) is 0 Å². The van der Waals surface area contributed by atoms with E-state index < -0.39 is 0 Å². The molecule has 3 rings (SSSR count). The second-order valence-corrected chi connectivity index (χ2v) is 7.65. The van der Waals surface area contributed by atoms with Crippen molar-refractivity contribution in [3.05, 3.63) is 89.6 Å². The van der Waals surface area contributed by atoms with E-state index >= 15 is 0 Å². The predicted molar refractivity (Wildman–Crippen MR) is 115 cm³/mol. The Morgan fingerprint density at radius 1 is 1.03 bits per heavy atom. The van der Waals surface area contributed by atoms with E-state index in [0.717, 1.165) is 22.6 Å². The molecular formula is C25H28FNO3. The quantitative estimate of drug-likeness (QED) is 0.450. The molecule has 5 heteroatoms. The molecule has 0 saturated heterocycles. The largest absolute Gasteiger partial charge is 0.491 e. The zero-order chi connectivity index (χ0) is 21.5. The second-order valence-electron chi connectivity index (χ2n) is 7.65. The third kappa shape index (κ3) is 5.96. The molecule has 0 spiro atoms. The number of carbonyl (C=O) groups is 1. The first-order valence-corrected chi connectivity index (χ1v) is 10.2. The van der Waals surface area contributed by atoms with Crippen LogP contribution >= 0.6 is 0 Å². The smallest absolute Gasteiger partial charge is 0.219 e. The monoisotopic (exact) mass is 409 g/mol. The summed E-state index contributed by atoms with van der Waals surface area (Å²) in [6.45, 7) is 6.53. The van der Waals surface area contributed by atoms with Gasteiger partial charge in [0.25, 0.3) is 0 Å². The normalized spacial score (nSPS) is 12.0. The van der Waals surface area contributed by atoms with Gasteiger partial charge in [0.2, 0.25) is 5.91 Å². The van der Waals surface area contributed by atoms with Crippen LogP contribution in [0.2, 0.25) is 0 Å². The summed E-state index contributed by atoms with van der Waals surface area (Å²) in [5.41, 5.74) is 2.11. The lowest BCUT2D eigenvalue weighted by Gasteiger charge is -2.24. The molecule has 0 bridgehead atoms. The van der Waals surface area contributed by atoms with Gasteiger partial charge < -0.3 is 14.1 Å². The summed E-state index contributed by atoms with van der Waals surface area (Å²) in [6.07, 6.45) is 2.42. The highest BCUT2D eigenvalue weighted by molar-refractivity contribution is 5.73. The van der Waals surface area contributed by atoms with Crippen LogP contribution in [0.5, 0.6) is 5.75 Å². The summed E-state index contributed by atoms with van der Waals surface area (Å²) in [7, 11) is 0. The molecule has 158 valence electrons. The predicted octanol–water partition coefficient (Wildman–Crippen LogP) is 5.78. The third-order valence-corrected chi connectivity index (χ3v) is 4.99. The molecule has 0 aliphatic carbocycles. The molecule has 0 aliphatic heterocycles. The minimum Gasteiger partial charge on any atom is -0.491 e. The maximum Gasteiger partial charge on any atom is 0.219 e. The van der Waals surface area contributed by atoms with Crippen LogP contribution in [0.25, 0.3) is 0 Å². The first-order chi connectivity index (χ1) is 14.4. The van der Waals surface area contributed by atoms with Gasteiger partial charge in [0.15, 0.2) is 0 Å². The summed E-state index contributed by atoms with van der Waals surface area (Å²) in [5, 5.41) is 0. The van der Waals surface area contributed by atoms with Crippen LogP contribution in [0.3, 0.4) is 0 Å². The van der Waals surface area contributed by atoms with E-state index in [0.29, 0.717) is 19.5 Å². The molecule has 0 fully saturated rings. The molecule has 1 amide bonds. The van der Waals surface area contributed by atoms with Crippen LogP contribution in [-0.2, 0) is 11.3 Å². The van der Waals surface area contributed by atoms with Gasteiger partial charge in [-0.05, 0) is 67.8 Å². The highest BCUT2D eigenvalue weighted by atomic mass is 19.1. The maximum absolute atomic E-state index is 13.5. The Kier molecular flexibility index (Phi) is 7.28. The lowest BCUT2D eigenvalue weighted by Crippen LogP contribution is -2.30. The molecule has 0 radical (unpaired) electrons. The van der Waals surface area contributed by atoms with Crippen LogP contribution in [0.1, 0.15) is 50.0 Å². The zero-order valence-corrected chi connectivity index (χ0v) is 17.7. The average molecular weight is 410 g/mol. The number of nitrogens with zero attached hydrogens (tertiary/aromatic N) is 1. The Balaban J connectivity index is 1.80. The fourth-order valence-electron chi connectivity index (χ4n) is 3.50. The lowest BCUT2D eigenvalue weighted by atomic mass is 9.88. The number of ether oxygens (including phenoxy) is 1. The van der Waals surface area contributed by atoms with E-state index in [2.05, 4.69) is 0 Å². The van der Waals surface area contributed by atoms with Gasteiger partial charge in [-0.3, -0.25) is 4.79 Å². The van der Waals surface area contributed by atoms with Crippen molar-refractivity contribution in [3.8, 4) is 5.75 Å². The molecule has 3 aromatic rings. The van der Waals surface area contributed by atoms with Crippen molar-refractivity contribution in [1.29, 1.82) is 0 Å². The number of benzene rings is 2. The van der Waals surface area contributed by atoms with Crippen molar-refractivity contribution in [1.82, 2.24) is 4.90 Å². The van der Waals surface area contributed by atoms with E-state index in [1.165, 1.54) is 12.1 Å². The van der Waals surface area contributed by atoms with Gasteiger partial charge in [0, 0.05) is 19.4 Å². The molecule has 1 heterocycles. The Morgan fingerprint density at radius 2 is 1.67 bits per heavy atom. The van der Waals surface area contributed by atoms with Gasteiger partial charge in [-0.2, -0.15) is 0 Å². The highest BCUT2D eigenvalue weighted by Gasteiger charge is 2.19. The Morgan fingerprint density at radius 3 is 2.20 bits per heavy atom. The molecule has 0 saturated carbocycles. The lowest BCUT2D eigenvalue weighted by molar-refractivity contribution is -0.129. The zero-order valence-electron chi connectivity index (χ0n) is 17.7. The van der Waals surface area contributed by atoms with Crippen LogP contribution in [0.15, 0.2) is 71.3 Å². The molecule has 0 unspecified atom stereocenters. The number of rotatable bonds is 9. The molecule has 4 nitrogen and oxygen atoms in total. The second kappa shape index (κ2) is 10.1. The Bertz CT molecular complexity index is 918. The Labute approximate surface area is 177 Å². The van der Waals surface area contributed by atoms with Crippen LogP contribution in [0, 0.1) is 5.82 Å². The van der Waals surface area contributed by atoms with Crippen molar-refractivity contribution in [2.45, 2.75) is 45.8 Å². The molecule has 1 atom stereocenters. The highest BCUT2D eigenvalue weighted by Crippen LogP contribution is 2.30. The van der Waals surface area contributed by atoms with Gasteiger partial charge >= 0.3 is 0 Å². The van der Waals surface area contributed by atoms with Gasteiger partial charge in [-0.25, -0.2) is 4.39 Å². The number of amides is 1. The Hall–Kier alpha value is -3.08. The summed E-state index contributed by atoms with van der Waals surface area (Å²) in [6, 6.07) is 18.2. The standard InChI is InChI=1S/C25H28FNO3/c1-18(2)30-23-12-8-21(9-13-23)25(20-6-10-22(26)11-7-20)14-15-27(19(3)28)17-24-5-4-16-29-24/h4-13,16,18,25H,14-15,17H2,1-3H3/t25-/m0/s1. The molecule has 2 aromatic carbocycles. The molecule has 30 heavy (non-hydrogen) atoms. The fourth-order valence-corrected chi connectivity index (χ4v) is 3.50. The van der Waals surface area contributed by atoms with Gasteiger partial charge in [-0.15, -0.1) is 0 Å². The number of furan rings is 1. The first kappa shape index (κ1) is 21.6. The van der Waals surface area contributed by atoms with E-state index in [1.54, 1.807) is 18.1 Å². The van der Waals surface area contributed by atoms with Gasteiger partial charge in [0.05, 0.1) is 18.9 Å². The molecule has 0 N–H and O–H groups in total. The van der Waals surface area contributed by atoms with Crippen LogP contribution in [-0.4, -0.2) is 23.5 Å². The van der Waals surface area contributed by atoms with Crippen molar-refractivity contribution in [2.75, 3.05) is 6.54 Å². The molecular weight excluding hydrogens is 381 g/mol. The van der Waals surface area contributed by atoms with Crippen molar-refractivity contribution < 1.29 is 18.3 Å². The number of carbonyl (C=O) groups excluding carboxylic acids is 1. The van der Waals surface area contributed by atoms with E-state index in [1.807, 2.05) is 62.4 Å². The van der Waals surface area contributed by atoms with Gasteiger partial charge in [0.1, 0.15) is 17.3 Å². The SMILES string of the molecule is CC(=O)N(CC[C@@H](c1ccc(F)cc1)c1ccc(OC(C)C)cc1)Cc1ccco1. The number of hydrogen-bond donors (Lipinski definition) is 0. The molecule has 0 aliphatic rings. The van der Waals surface area contributed by atoms with Crippen LogP contribution in [0.4, 0.5) is 4.39 Å². The summed E-state index contributed by atoms with van der Waals surface area (Å²) in [5.74, 6) is 1.32. The van der Waals surface area contributed by atoms with E-state index in [4.69, 9.17) is 9.15 Å². The first-order valence-electron chi connectivity index (χ1n) is 10.2. The minimum absolute atomic E-state index is 0.00932. The maximum atomic E-state index is 13.5. The topological polar surface area (TPSA) is 42.7 Å². The third-order valence-electron chi connectivity index (χ3n) is 4.99. The number of hydrogen-bond acceptors (Lipinski definition) is 3. The van der Waals surface area contributed by atoms with E-state index in [9.17, 15) is 9.18 Å². The summed E-state index contributed by atoms with van der Waals surface area (Å²) in [4.78, 5) is 13.9. The summed E-state index contributed by atoms with van der Waals surface area (Å²) >= 11 is 0. The summed E-state index contributed by atoms with van der Waals surface area (Å²) < 4.78 is 24.6. The van der Waals surface area contributed by atoms with Crippen LogP contribution < -0.4 is 4.74 Å². The fraction of sp³-hybridized carbons (Fsp3) is 0.320. The average Bonchev–Trinajstić information content (AvgIpc) is 3.22. The number of halogens is 1. The van der Waals surface area contributed by atoms with Crippen molar-refractivity contribution in [2.24, 2.45) is 0 Å². The van der Waals surface area contributed by atoms with Gasteiger partial charge in [-0.1, -0.05) is 24.3 Å². The van der Waals surface area contributed by atoms with E-state index in [-0.39, 0.29) is 23.7 Å². The minimum atomic E-state index is -0.263.